The number of thioether (sulfide) groups is 1. The quantitative estimate of drug-likeness (QED) is 0.167. The van der Waals surface area contributed by atoms with Gasteiger partial charge in [-0.15, -0.1) is 0 Å². The van der Waals surface area contributed by atoms with Crippen molar-refractivity contribution in [2.24, 2.45) is 0 Å². The van der Waals surface area contributed by atoms with Crippen molar-refractivity contribution in [3.8, 4) is 11.5 Å². The molecular weight excluding hydrogens is 542 g/mol. The maximum atomic E-state index is 13.1. The summed E-state index contributed by atoms with van der Waals surface area (Å²) in [6, 6.07) is 23.3. The lowest BCUT2D eigenvalue weighted by molar-refractivity contribution is -0.113. The molecule has 0 bridgehead atoms. The number of hydrogen-bond donors (Lipinski definition) is 0. The third-order valence-corrected chi connectivity index (χ3v) is 7.19. The van der Waals surface area contributed by atoms with Crippen LogP contribution < -0.4 is 14.4 Å². The fraction of sp³-hybridized carbons (Fsp3) is 0.214. The molecule has 4 nitrogen and oxygen atoms in total. The standard InChI is InChI=1S/C28H26BrNO3S2/c1-28(2,3)20-9-12-23(13-10-20)32-15-16-33-24-14-11-21(29)17-19(24)18-25-26(31)30(27(34)35-25)22-7-5-4-6-8-22/h4-14,17-18H,15-16H2,1-3H3. The summed E-state index contributed by atoms with van der Waals surface area (Å²) < 4.78 is 13.3. The van der Waals surface area contributed by atoms with Crippen LogP contribution in [0.2, 0.25) is 0 Å². The van der Waals surface area contributed by atoms with Gasteiger partial charge in [0.25, 0.3) is 5.91 Å². The van der Waals surface area contributed by atoms with E-state index in [1.165, 1.54) is 17.3 Å². The minimum absolute atomic E-state index is 0.106. The number of thiocarbonyl (C=S) groups is 1. The summed E-state index contributed by atoms with van der Waals surface area (Å²) in [5.74, 6) is 1.34. The Bertz CT molecular complexity index is 1250. The number of benzene rings is 3. The minimum atomic E-state index is -0.140. The normalized spacial score (nSPS) is 15.1. The Morgan fingerprint density at radius 1 is 0.971 bits per heavy atom. The molecule has 3 aromatic rings. The van der Waals surface area contributed by atoms with Crippen molar-refractivity contribution in [2.75, 3.05) is 18.1 Å². The van der Waals surface area contributed by atoms with E-state index in [9.17, 15) is 4.79 Å². The minimum Gasteiger partial charge on any atom is -0.490 e. The van der Waals surface area contributed by atoms with Crippen LogP contribution in [0.1, 0.15) is 31.9 Å². The molecule has 0 aromatic heterocycles. The molecule has 0 atom stereocenters. The van der Waals surface area contributed by atoms with Crippen LogP contribution in [0.3, 0.4) is 0 Å². The fourth-order valence-corrected chi connectivity index (χ4v) is 5.20. The molecule has 1 aliphatic heterocycles. The van der Waals surface area contributed by atoms with Gasteiger partial charge in [0.1, 0.15) is 24.7 Å². The van der Waals surface area contributed by atoms with Crippen LogP contribution in [0.5, 0.6) is 11.5 Å². The molecule has 0 saturated carbocycles. The lowest BCUT2D eigenvalue weighted by atomic mass is 9.87. The van der Waals surface area contributed by atoms with Gasteiger partial charge in [0, 0.05) is 10.0 Å². The number of para-hydroxylation sites is 1. The van der Waals surface area contributed by atoms with Crippen LogP contribution in [0.15, 0.2) is 82.2 Å². The summed E-state index contributed by atoms with van der Waals surface area (Å²) in [5.41, 5.74) is 2.92. The zero-order chi connectivity index (χ0) is 25.0. The smallest absolute Gasteiger partial charge is 0.270 e. The topological polar surface area (TPSA) is 38.8 Å². The van der Waals surface area contributed by atoms with Gasteiger partial charge in [-0.3, -0.25) is 9.69 Å². The maximum Gasteiger partial charge on any atom is 0.270 e. The number of amides is 1. The third kappa shape index (κ3) is 6.34. The number of rotatable bonds is 7. The molecule has 180 valence electrons. The van der Waals surface area contributed by atoms with E-state index in [0.717, 1.165) is 21.5 Å². The van der Waals surface area contributed by atoms with E-state index in [1.807, 2.05) is 66.7 Å². The Kier molecular flexibility index (Phi) is 7.99. The SMILES string of the molecule is CC(C)(C)c1ccc(OCCOc2ccc(Br)cc2C=C2SC(=S)N(c3ccccc3)C2=O)cc1. The summed E-state index contributed by atoms with van der Waals surface area (Å²) in [6.45, 7) is 7.33. The second-order valence-corrected chi connectivity index (χ2v) is 11.6. The highest BCUT2D eigenvalue weighted by Crippen LogP contribution is 2.37. The maximum absolute atomic E-state index is 13.1. The van der Waals surface area contributed by atoms with E-state index < -0.39 is 0 Å². The van der Waals surface area contributed by atoms with Crippen LogP contribution in [0.4, 0.5) is 5.69 Å². The monoisotopic (exact) mass is 567 g/mol. The molecule has 1 saturated heterocycles. The van der Waals surface area contributed by atoms with E-state index in [1.54, 1.807) is 4.90 Å². The van der Waals surface area contributed by atoms with E-state index in [0.29, 0.717) is 28.2 Å². The van der Waals surface area contributed by atoms with E-state index in [2.05, 4.69) is 48.8 Å². The summed E-state index contributed by atoms with van der Waals surface area (Å²) >= 11 is 10.3. The van der Waals surface area contributed by atoms with Gasteiger partial charge in [-0.1, -0.05) is 91.0 Å². The second kappa shape index (κ2) is 11.0. The molecule has 0 unspecified atom stereocenters. The average molecular weight is 569 g/mol. The Morgan fingerprint density at radius 2 is 1.66 bits per heavy atom. The number of ether oxygens (including phenoxy) is 2. The van der Waals surface area contributed by atoms with Crippen molar-refractivity contribution in [3.05, 3.63) is 93.3 Å². The predicted octanol–water partition coefficient (Wildman–Crippen LogP) is 7.61. The average Bonchev–Trinajstić information content (AvgIpc) is 3.10. The van der Waals surface area contributed by atoms with Crippen LogP contribution in [-0.2, 0) is 10.2 Å². The van der Waals surface area contributed by atoms with Crippen molar-refractivity contribution in [1.29, 1.82) is 0 Å². The number of hydrogen-bond acceptors (Lipinski definition) is 5. The van der Waals surface area contributed by atoms with Crippen LogP contribution in [0.25, 0.3) is 6.08 Å². The van der Waals surface area contributed by atoms with E-state index in [-0.39, 0.29) is 11.3 Å². The summed E-state index contributed by atoms with van der Waals surface area (Å²) in [6.07, 6.45) is 1.83. The van der Waals surface area contributed by atoms with Gasteiger partial charge in [0.05, 0.1) is 10.6 Å². The molecule has 1 fully saturated rings. The number of carbonyl (C=O) groups is 1. The highest BCUT2D eigenvalue weighted by molar-refractivity contribution is 9.10. The van der Waals surface area contributed by atoms with Gasteiger partial charge in [0.2, 0.25) is 0 Å². The van der Waals surface area contributed by atoms with Gasteiger partial charge < -0.3 is 9.47 Å². The number of anilines is 1. The first-order chi connectivity index (χ1) is 16.7. The first-order valence-corrected chi connectivity index (χ1v) is 13.2. The molecule has 3 aromatic carbocycles. The molecule has 0 spiro atoms. The summed E-state index contributed by atoms with van der Waals surface area (Å²) in [7, 11) is 0. The Balaban J connectivity index is 1.43. The van der Waals surface area contributed by atoms with Crippen LogP contribution >= 0.6 is 39.9 Å². The van der Waals surface area contributed by atoms with Gasteiger partial charge in [0.15, 0.2) is 4.32 Å². The molecule has 1 heterocycles. The van der Waals surface area contributed by atoms with Crippen LogP contribution in [-0.4, -0.2) is 23.4 Å². The number of carbonyl (C=O) groups excluding carboxylic acids is 1. The molecule has 1 amide bonds. The molecule has 1 aliphatic rings. The van der Waals surface area contributed by atoms with Crippen molar-refractivity contribution < 1.29 is 14.3 Å². The summed E-state index contributed by atoms with van der Waals surface area (Å²) in [4.78, 5) is 15.2. The Hall–Kier alpha value is -2.61. The molecular formula is C28H26BrNO3S2. The highest BCUT2D eigenvalue weighted by atomic mass is 79.9. The fourth-order valence-electron chi connectivity index (χ4n) is 3.53. The Labute approximate surface area is 224 Å². The lowest BCUT2D eigenvalue weighted by Crippen LogP contribution is -2.27. The largest absolute Gasteiger partial charge is 0.490 e. The lowest BCUT2D eigenvalue weighted by Gasteiger charge is -2.19. The van der Waals surface area contributed by atoms with Crippen molar-refractivity contribution in [3.63, 3.8) is 0 Å². The predicted molar refractivity (Wildman–Crippen MR) is 152 cm³/mol. The van der Waals surface area contributed by atoms with Gasteiger partial charge in [-0.05, 0) is 59.5 Å². The third-order valence-electron chi connectivity index (χ3n) is 5.40. The molecule has 0 N–H and O–H groups in total. The first-order valence-electron chi connectivity index (χ1n) is 11.2. The van der Waals surface area contributed by atoms with E-state index >= 15 is 0 Å². The van der Waals surface area contributed by atoms with Gasteiger partial charge >= 0.3 is 0 Å². The zero-order valence-electron chi connectivity index (χ0n) is 19.8. The van der Waals surface area contributed by atoms with Crippen molar-refractivity contribution in [2.45, 2.75) is 26.2 Å². The Morgan fingerprint density at radius 3 is 2.34 bits per heavy atom. The second-order valence-electron chi connectivity index (χ2n) is 9.01. The van der Waals surface area contributed by atoms with Crippen molar-refractivity contribution in [1.82, 2.24) is 0 Å². The first kappa shape index (κ1) is 25.5. The van der Waals surface area contributed by atoms with Crippen LogP contribution in [0, 0.1) is 0 Å². The summed E-state index contributed by atoms with van der Waals surface area (Å²) in [5, 5.41) is 0. The zero-order valence-corrected chi connectivity index (χ0v) is 23.0. The number of halogens is 1. The molecule has 0 radical (unpaired) electrons. The number of nitrogens with zero attached hydrogens (tertiary/aromatic N) is 1. The van der Waals surface area contributed by atoms with Gasteiger partial charge in [-0.25, -0.2) is 0 Å². The van der Waals surface area contributed by atoms with Crippen molar-refractivity contribution >= 4 is 61.9 Å². The highest BCUT2D eigenvalue weighted by Gasteiger charge is 2.33. The van der Waals surface area contributed by atoms with Gasteiger partial charge in [-0.2, -0.15) is 0 Å². The molecule has 4 rings (SSSR count). The molecule has 35 heavy (non-hydrogen) atoms. The molecule has 7 heteroatoms. The molecule has 0 aliphatic carbocycles. The van der Waals surface area contributed by atoms with E-state index in [4.69, 9.17) is 21.7 Å².